The Hall–Kier alpha value is -1.88. The van der Waals surface area contributed by atoms with Crippen LogP contribution in [0.5, 0.6) is 0 Å². The molecule has 0 spiro atoms. The van der Waals surface area contributed by atoms with Gasteiger partial charge in [0.15, 0.2) is 5.69 Å². The van der Waals surface area contributed by atoms with Crippen LogP contribution in [0.3, 0.4) is 0 Å². The van der Waals surface area contributed by atoms with Gasteiger partial charge in [0.2, 0.25) is 0 Å². The normalized spacial score (nSPS) is 15.5. The van der Waals surface area contributed by atoms with Gasteiger partial charge < -0.3 is 5.11 Å². The smallest absolute Gasteiger partial charge is 0.358 e. The van der Waals surface area contributed by atoms with Gasteiger partial charge in [0.25, 0.3) is 0 Å². The fourth-order valence-electron chi connectivity index (χ4n) is 2.91. The van der Waals surface area contributed by atoms with E-state index in [1.54, 1.807) is 10.7 Å². The van der Waals surface area contributed by atoms with Gasteiger partial charge in [-0.05, 0) is 24.5 Å². The molecular formula is C15H16ClN3O2. The van der Waals surface area contributed by atoms with Crippen LogP contribution >= 0.6 is 11.6 Å². The molecule has 0 radical (unpaired) electrons. The second-order valence-electron chi connectivity index (χ2n) is 5.34. The van der Waals surface area contributed by atoms with Crippen LogP contribution in [0.15, 0.2) is 24.3 Å². The summed E-state index contributed by atoms with van der Waals surface area (Å²) in [6.45, 7) is 0. The van der Waals surface area contributed by atoms with Crippen LogP contribution < -0.4 is 0 Å². The molecule has 0 aliphatic heterocycles. The van der Waals surface area contributed by atoms with E-state index in [0.717, 1.165) is 31.2 Å². The fraction of sp³-hybridized carbons (Fsp3) is 0.400. The molecule has 3 rings (SSSR count). The molecule has 2 aromatic rings. The van der Waals surface area contributed by atoms with E-state index >= 15 is 0 Å². The number of aromatic carboxylic acids is 1. The molecule has 6 heteroatoms. The molecule has 1 aromatic carbocycles. The molecule has 5 nitrogen and oxygen atoms in total. The summed E-state index contributed by atoms with van der Waals surface area (Å²) in [5.74, 6) is -1.04. The van der Waals surface area contributed by atoms with Crippen molar-refractivity contribution < 1.29 is 9.90 Å². The summed E-state index contributed by atoms with van der Waals surface area (Å²) in [6, 6.07) is 7.71. The molecule has 1 saturated carbocycles. The summed E-state index contributed by atoms with van der Waals surface area (Å²) >= 11 is 6.19. The Bertz CT molecular complexity index is 663. The van der Waals surface area contributed by atoms with Gasteiger partial charge in [0.1, 0.15) is 0 Å². The first-order chi connectivity index (χ1) is 10.2. The number of carbonyl (C=O) groups is 1. The second kappa shape index (κ2) is 5.85. The van der Waals surface area contributed by atoms with Crippen molar-refractivity contribution in [1.29, 1.82) is 0 Å². The minimum Gasteiger partial charge on any atom is -0.476 e. The van der Waals surface area contributed by atoms with Crippen LogP contribution in [0.25, 0.3) is 0 Å². The van der Waals surface area contributed by atoms with E-state index in [4.69, 9.17) is 11.6 Å². The number of nitrogens with zero attached hydrogens (tertiary/aromatic N) is 3. The number of halogens is 1. The summed E-state index contributed by atoms with van der Waals surface area (Å²) in [5, 5.41) is 17.9. The Kier molecular flexibility index (Phi) is 3.92. The summed E-state index contributed by atoms with van der Waals surface area (Å²) in [5.41, 5.74) is 1.56. The molecule has 1 aliphatic rings. The molecule has 1 aliphatic carbocycles. The third-order valence-corrected chi connectivity index (χ3v) is 4.35. The van der Waals surface area contributed by atoms with Crippen LogP contribution in [0, 0.1) is 0 Å². The van der Waals surface area contributed by atoms with E-state index < -0.39 is 5.97 Å². The first kappa shape index (κ1) is 14.1. The minimum atomic E-state index is -1.04. The maximum atomic E-state index is 11.4. The highest BCUT2D eigenvalue weighted by molar-refractivity contribution is 6.31. The molecule has 21 heavy (non-hydrogen) atoms. The zero-order valence-electron chi connectivity index (χ0n) is 11.5. The fourth-order valence-corrected chi connectivity index (χ4v) is 3.11. The maximum Gasteiger partial charge on any atom is 0.358 e. The Morgan fingerprint density at radius 2 is 2.05 bits per heavy atom. The number of hydrogen-bond donors (Lipinski definition) is 1. The van der Waals surface area contributed by atoms with Crippen LogP contribution in [-0.4, -0.2) is 26.1 Å². The molecular weight excluding hydrogens is 290 g/mol. The number of carboxylic acids is 1. The van der Waals surface area contributed by atoms with Crippen molar-refractivity contribution >= 4 is 17.6 Å². The molecule has 0 unspecified atom stereocenters. The SMILES string of the molecule is O=C(O)c1nnn(C2CCCC2)c1Cc1ccccc1Cl. The quantitative estimate of drug-likeness (QED) is 0.940. The molecule has 1 aromatic heterocycles. The van der Waals surface area contributed by atoms with E-state index in [-0.39, 0.29) is 11.7 Å². The lowest BCUT2D eigenvalue weighted by Gasteiger charge is -2.14. The number of aromatic nitrogens is 3. The third-order valence-electron chi connectivity index (χ3n) is 3.98. The predicted molar refractivity (Wildman–Crippen MR) is 78.7 cm³/mol. The molecule has 0 bridgehead atoms. The van der Waals surface area contributed by atoms with Crippen LogP contribution in [0.4, 0.5) is 0 Å². The van der Waals surface area contributed by atoms with E-state index in [2.05, 4.69) is 10.3 Å². The van der Waals surface area contributed by atoms with Gasteiger partial charge in [-0.2, -0.15) is 0 Å². The van der Waals surface area contributed by atoms with Gasteiger partial charge in [-0.25, -0.2) is 9.48 Å². The third kappa shape index (κ3) is 2.78. The Morgan fingerprint density at radius 3 is 2.71 bits per heavy atom. The van der Waals surface area contributed by atoms with Crippen molar-refractivity contribution in [2.24, 2.45) is 0 Å². The maximum absolute atomic E-state index is 11.4. The summed E-state index contributed by atoms with van der Waals surface area (Å²) in [4.78, 5) is 11.4. The molecule has 0 saturated heterocycles. The predicted octanol–water partition coefficient (Wildman–Crippen LogP) is 3.34. The van der Waals surface area contributed by atoms with Crippen molar-refractivity contribution in [2.75, 3.05) is 0 Å². The van der Waals surface area contributed by atoms with Crippen molar-refractivity contribution in [3.63, 3.8) is 0 Å². The van der Waals surface area contributed by atoms with Gasteiger partial charge in [-0.1, -0.05) is 47.9 Å². The largest absolute Gasteiger partial charge is 0.476 e. The highest BCUT2D eigenvalue weighted by Crippen LogP contribution is 2.31. The van der Waals surface area contributed by atoms with Crippen molar-refractivity contribution in [1.82, 2.24) is 15.0 Å². The van der Waals surface area contributed by atoms with Gasteiger partial charge in [-0.15, -0.1) is 5.10 Å². The van der Waals surface area contributed by atoms with Crippen molar-refractivity contribution in [3.8, 4) is 0 Å². The zero-order valence-corrected chi connectivity index (χ0v) is 12.3. The van der Waals surface area contributed by atoms with Gasteiger partial charge in [0.05, 0.1) is 11.7 Å². The second-order valence-corrected chi connectivity index (χ2v) is 5.75. The van der Waals surface area contributed by atoms with E-state index in [1.165, 1.54) is 0 Å². The highest BCUT2D eigenvalue weighted by atomic mass is 35.5. The number of hydrogen-bond acceptors (Lipinski definition) is 3. The number of carboxylic acid groups (broad SMARTS) is 1. The summed E-state index contributed by atoms with van der Waals surface area (Å²) in [7, 11) is 0. The topological polar surface area (TPSA) is 68.0 Å². The van der Waals surface area contributed by atoms with Crippen LogP contribution in [0.2, 0.25) is 5.02 Å². The van der Waals surface area contributed by atoms with E-state index in [1.807, 2.05) is 18.2 Å². The van der Waals surface area contributed by atoms with E-state index in [0.29, 0.717) is 17.1 Å². The molecule has 110 valence electrons. The van der Waals surface area contributed by atoms with Gasteiger partial charge >= 0.3 is 5.97 Å². The summed E-state index contributed by atoms with van der Waals surface area (Å²) < 4.78 is 1.79. The van der Waals surface area contributed by atoms with Crippen molar-refractivity contribution in [2.45, 2.75) is 38.1 Å². The monoisotopic (exact) mass is 305 g/mol. The minimum absolute atomic E-state index is 0.0295. The molecule has 0 amide bonds. The number of benzene rings is 1. The summed E-state index contributed by atoms with van der Waals surface area (Å²) in [6.07, 6.45) is 4.79. The van der Waals surface area contributed by atoms with Crippen molar-refractivity contribution in [3.05, 3.63) is 46.2 Å². The first-order valence-corrected chi connectivity index (χ1v) is 7.45. The molecule has 0 atom stereocenters. The molecule has 1 fully saturated rings. The lowest BCUT2D eigenvalue weighted by atomic mass is 10.1. The van der Waals surface area contributed by atoms with Crippen LogP contribution in [0.1, 0.15) is 53.5 Å². The average Bonchev–Trinajstić information content (AvgIpc) is 3.10. The highest BCUT2D eigenvalue weighted by Gasteiger charge is 2.26. The zero-order chi connectivity index (χ0) is 14.8. The number of rotatable bonds is 4. The Morgan fingerprint density at radius 1 is 1.33 bits per heavy atom. The van der Waals surface area contributed by atoms with Gasteiger partial charge in [0, 0.05) is 11.4 Å². The standard InChI is InChI=1S/C15H16ClN3O2/c16-12-8-4-1-5-10(12)9-13-14(15(20)21)17-18-19(13)11-6-2-3-7-11/h1,4-5,8,11H,2-3,6-7,9H2,(H,20,21). The van der Waals surface area contributed by atoms with Gasteiger partial charge in [-0.3, -0.25) is 0 Å². The lowest BCUT2D eigenvalue weighted by Crippen LogP contribution is -2.13. The lowest BCUT2D eigenvalue weighted by molar-refractivity contribution is 0.0689. The van der Waals surface area contributed by atoms with E-state index in [9.17, 15) is 9.90 Å². The average molecular weight is 306 g/mol. The Balaban J connectivity index is 2.00. The molecule has 1 heterocycles. The first-order valence-electron chi connectivity index (χ1n) is 7.07. The Labute approximate surface area is 127 Å². The molecule has 1 N–H and O–H groups in total. The van der Waals surface area contributed by atoms with Crippen LogP contribution in [-0.2, 0) is 6.42 Å².